The molecule has 3 aliphatic rings. The SMILES string of the molecule is Cc1ccccc1C1=CC=CC(OCCCN2CCC(O)CC2)(c2ncc(CN3CCN(C)CC3)s2)C1C. The second-order valence-electron chi connectivity index (χ2n) is 11.3. The Morgan fingerprint density at radius 3 is 2.61 bits per heavy atom. The lowest BCUT2D eigenvalue weighted by molar-refractivity contribution is -0.0408. The minimum atomic E-state index is -0.574. The van der Waals surface area contributed by atoms with Gasteiger partial charge in [-0.3, -0.25) is 4.90 Å². The molecule has 5 rings (SSSR count). The van der Waals surface area contributed by atoms with E-state index in [4.69, 9.17) is 9.72 Å². The predicted molar refractivity (Wildman–Crippen MR) is 156 cm³/mol. The molecular weight excluding hydrogens is 492 g/mol. The third kappa shape index (κ3) is 6.30. The first-order valence-corrected chi connectivity index (χ1v) is 15.1. The number of allylic oxidation sites excluding steroid dienone is 2. The van der Waals surface area contributed by atoms with Crippen molar-refractivity contribution in [3.05, 3.63) is 69.7 Å². The number of aliphatic hydroxyl groups excluding tert-OH is 1. The summed E-state index contributed by atoms with van der Waals surface area (Å²) in [6.45, 7) is 13.6. The minimum absolute atomic E-state index is 0.129. The molecule has 0 spiro atoms. The molecule has 0 amide bonds. The lowest BCUT2D eigenvalue weighted by Gasteiger charge is -2.39. The number of aromatic nitrogens is 1. The maximum atomic E-state index is 9.84. The number of aliphatic hydroxyl groups is 1. The number of piperidine rings is 1. The Morgan fingerprint density at radius 1 is 1.08 bits per heavy atom. The van der Waals surface area contributed by atoms with E-state index in [1.165, 1.54) is 21.6 Å². The van der Waals surface area contributed by atoms with Crippen molar-refractivity contribution in [3.63, 3.8) is 0 Å². The van der Waals surface area contributed by atoms with Gasteiger partial charge in [0.05, 0.1) is 6.10 Å². The molecule has 1 aromatic carbocycles. The molecule has 206 valence electrons. The largest absolute Gasteiger partial charge is 0.393 e. The molecule has 6 nitrogen and oxygen atoms in total. The zero-order valence-corrected chi connectivity index (χ0v) is 24.1. The summed E-state index contributed by atoms with van der Waals surface area (Å²) >= 11 is 1.82. The number of hydrogen-bond acceptors (Lipinski definition) is 7. The molecule has 0 saturated carbocycles. The van der Waals surface area contributed by atoms with Gasteiger partial charge in [0.1, 0.15) is 10.6 Å². The van der Waals surface area contributed by atoms with Crippen molar-refractivity contribution in [2.45, 2.75) is 51.4 Å². The molecule has 7 heteroatoms. The molecule has 2 unspecified atom stereocenters. The molecule has 1 aliphatic carbocycles. The summed E-state index contributed by atoms with van der Waals surface area (Å²) < 4.78 is 6.91. The van der Waals surface area contributed by atoms with E-state index >= 15 is 0 Å². The van der Waals surface area contributed by atoms with Crippen LogP contribution in [0.15, 0.2) is 48.7 Å². The number of benzene rings is 1. The molecule has 2 aromatic rings. The summed E-state index contributed by atoms with van der Waals surface area (Å²) in [5, 5.41) is 10.9. The Morgan fingerprint density at radius 2 is 1.84 bits per heavy atom. The second-order valence-corrected chi connectivity index (χ2v) is 12.4. The molecule has 1 aromatic heterocycles. The fraction of sp³-hybridized carbons (Fsp3) is 0.581. The van der Waals surface area contributed by atoms with Gasteiger partial charge in [-0.1, -0.05) is 43.3 Å². The highest BCUT2D eigenvalue weighted by molar-refractivity contribution is 7.11. The van der Waals surface area contributed by atoms with Crippen molar-refractivity contribution < 1.29 is 9.84 Å². The molecule has 2 saturated heterocycles. The van der Waals surface area contributed by atoms with Crippen LogP contribution in [0.3, 0.4) is 0 Å². The fourth-order valence-electron chi connectivity index (χ4n) is 5.99. The monoisotopic (exact) mass is 536 g/mol. The number of rotatable bonds is 9. The minimum Gasteiger partial charge on any atom is -0.393 e. The van der Waals surface area contributed by atoms with E-state index in [2.05, 4.69) is 84.3 Å². The van der Waals surface area contributed by atoms with Gasteiger partial charge < -0.3 is 19.6 Å². The van der Waals surface area contributed by atoms with Crippen molar-refractivity contribution in [2.24, 2.45) is 5.92 Å². The van der Waals surface area contributed by atoms with E-state index < -0.39 is 5.60 Å². The smallest absolute Gasteiger partial charge is 0.144 e. The van der Waals surface area contributed by atoms with E-state index in [1.807, 2.05) is 11.3 Å². The predicted octanol–water partition coefficient (Wildman–Crippen LogP) is 4.55. The highest BCUT2D eigenvalue weighted by Crippen LogP contribution is 2.47. The number of piperazine rings is 1. The molecular formula is C31H44N4O2S. The summed E-state index contributed by atoms with van der Waals surface area (Å²) in [6, 6.07) is 8.66. The summed E-state index contributed by atoms with van der Waals surface area (Å²) in [6.07, 6.45) is 11.4. The van der Waals surface area contributed by atoms with Crippen molar-refractivity contribution in [1.82, 2.24) is 19.7 Å². The number of likely N-dealkylation sites (N-methyl/N-ethyl adjacent to an activating group) is 1. The van der Waals surface area contributed by atoms with Gasteiger partial charge in [0, 0.05) is 76.0 Å². The lowest BCUT2D eigenvalue weighted by Crippen LogP contribution is -2.43. The van der Waals surface area contributed by atoms with E-state index in [0.29, 0.717) is 6.61 Å². The maximum absolute atomic E-state index is 9.84. The topological polar surface area (TPSA) is 52.1 Å². The highest BCUT2D eigenvalue weighted by atomic mass is 32.1. The molecule has 2 atom stereocenters. The Bertz CT molecular complexity index is 1110. The Labute approximate surface area is 232 Å². The summed E-state index contributed by atoms with van der Waals surface area (Å²) in [5.41, 5.74) is 3.32. The third-order valence-corrected chi connectivity index (χ3v) is 9.68. The van der Waals surface area contributed by atoms with Crippen LogP contribution in [0.2, 0.25) is 0 Å². The number of likely N-dealkylation sites (tertiary alicyclic amines) is 1. The van der Waals surface area contributed by atoms with Gasteiger partial charge in [0.2, 0.25) is 0 Å². The Hall–Kier alpha value is -1.87. The quantitative estimate of drug-likeness (QED) is 0.475. The average Bonchev–Trinajstić information content (AvgIpc) is 3.39. The van der Waals surface area contributed by atoms with Gasteiger partial charge in [0.15, 0.2) is 0 Å². The van der Waals surface area contributed by atoms with Gasteiger partial charge in [-0.2, -0.15) is 0 Å². The van der Waals surface area contributed by atoms with Crippen LogP contribution >= 0.6 is 11.3 Å². The number of thiazole rings is 1. The molecule has 0 bridgehead atoms. The van der Waals surface area contributed by atoms with Crippen LogP contribution in [0, 0.1) is 12.8 Å². The van der Waals surface area contributed by atoms with Crippen LogP contribution in [-0.4, -0.2) is 90.4 Å². The van der Waals surface area contributed by atoms with E-state index in [-0.39, 0.29) is 12.0 Å². The van der Waals surface area contributed by atoms with Gasteiger partial charge in [-0.05, 0) is 56.0 Å². The molecule has 1 N–H and O–H groups in total. The van der Waals surface area contributed by atoms with Crippen LogP contribution in [-0.2, 0) is 16.9 Å². The van der Waals surface area contributed by atoms with E-state index in [9.17, 15) is 5.11 Å². The molecule has 2 fully saturated rings. The van der Waals surface area contributed by atoms with Crippen molar-refractivity contribution in [1.29, 1.82) is 0 Å². The van der Waals surface area contributed by atoms with Crippen molar-refractivity contribution >= 4 is 16.9 Å². The molecule has 0 radical (unpaired) electrons. The standard InChI is InChI=1S/C31H44N4O2S/c1-24-8-4-5-9-28(24)29-10-6-13-31(25(29)2,37-21-7-14-34-15-11-26(36)12-16-34)30-32-22-27(38-30)23-35-19-17-33(3)18-20-35/h4-6,8-10,13,22,25-26,36H,7,11-12,14-21,23H2,1-3H3. The first kappa shape index (κ1) is 27.7. The normalized spacial score (nSPS) is 26.1. The average molecular weight is 537 g/mol. The summed E-state index contributed by atoms with van der Waals surface area (Å²) in [5.74, 6) is 0.140. The fourth-order valence-corrected chi connectivity index (χ4v) is 7.15. The number of aryl methyl sites for hydroxylation is 1. The molecule has 2 aliphatic heterocycles. The van der Waals surface area contributed by atoms with Gasteiger partial charge >= 0.3 is 0 Å². The van der Waals surface area contributed by atoms with Gasteiger partial charge in [-0.25, -0.2) is 4.98 Å². The van der Waals surface area contributed by atoms with E-state index in [1.54, 1.807) is 0 Å². The summed E-state index contributed by atoms with van der Waals surface area (Å²) in [4.78, 5) is 13.7. The molecule has 3 heterocycles. The van der Waals surface area contributed by atoms with Crippen LogP contribution in [0.4, 0.5) is 0 Å². The maximum Gasteiger partial charge on any atom is 0.144 e. The van der Waals surface area contributed by atoms with Crippen LogP contribution in [0.5, 0.6) is 0 Å². The van der Waals surface area contributed by atoms with Crippen LogP contribution in [0.1, 0.15) is 47.2 Å². The first-order valence-electron chi connectivity index (χ1n) is 14.3. The number of nitrogens with zero attached hydrogens (tertiary/aromatic N) is 4. The Balaban J connectivity index is 1.34. The van der Waals surface area contributed by atoms with Gasteiger partial charge in [0.25, 0.3) is 0 Å². The van der Waals surface area contributed by atoms with Crippen LogP contribution < -0.4 is 0 Å². The van der Waals surface area contributed by atoms with Crippen LogP contribution in [0.25, 0.3) is 5.57 Å². The number of ether oxygens (including phenoxy) is 1. The Kier molecular flexibility index (Phi) is 9.14. The first-order chi connectivity index (χ1) is 18.4. The van der Waals surface area contributed by atoms with Gasteiger partial charge in [-0.15, -0.1) is 11.3 Å². The lowest BCUT2D eigenvalue weighted by atomic mass is 9.76. The molecule has 38 heavy (non-hydrogen) atoms. The van der Waals surface area contributed by atoms with E-state index in [0.717, 1.165) is 76.6 Å². The second kappa shape index (κ2) is 12.5. The summed E-state index contributed by atoms with van der Waals surface area (Å²) in [7, 11) is 2.20. The zero-order chi connectivity index (χ0) is 26.5. The third-order valence-electron chi connectivity index (χ3n) is 8.57. The van der Waals surface area contributed by atoms with Crippen molar-refractivity contribution in [3.8, 4) is 0 Å². The van der Waals surface area contributed by atoms with Crippen molar-refractivity contribution in [2.75, 3.05) is 59.5 Å². The number of hydrogen-bond donors (Lipinski definition) is 1. The zero-order valence-electron chi connectivity index (χ0n) is 23.3. The highest BCUT2D eigenvalue weighted by Gasteiger charge is 2.43.